The lowest BCUT2D eigenvalue weighted by Crippen LogP contribution is -2.61. The highest BCUT2D eigenvalue weighted by Crippen LogP contribution is 2.21. The number of rotatable bonds is 2. The molecule has 0 aromatic carbocycles. The van der Waals surface area contributed by atoms with Crippen molar-refractivity contribution in [2.24, 2.45) is 4.99 Å². The molecule has 0 spiro atoms. The van der Waals surface area contributed by atoms with Gasteiger partial charge in [0.05, 0.1) is 7.05 Å². The van der Waals surface area contributed by atoms with Gasteiger partial charge >= 0.3 is 17.2 Å². The molecule has 2 aliphatic heterocycles. The van der Waals surface area contributed by atoms with E-state index in [1.807, 2.05) is 0 Å². The SMILES string of the molecule is CN1C(=O)C2C(=NC(SCC(=O)O)=[N+]2C)N(C)C1=O. The summed E-state index contributed by atoms with van der Waals surface area (Å²) in [4.78, 5) is 41.0. The number of carbonyl (C=O) groups excluding carboxylic acids is 2. The maximum atomic E-state index is 12.1. The van der Waals surface area contributed by atoms with Gasteiger partial charge in [0.25, 0.3) is 17.8 Å². The average molecular weight is 285 g/mol. The molecule has 0 aromatic rings. The van der Waals surface area contributed by atoms with Gasteiger partial charge in [0, 0.05) is 14.1 Å². The van der Waals surface area contributed by atoms with Crippen LogP contribution in [0.2, 0.25) is 0 Å². The molecule has 1 atom stereocenters. The van der Waals surface area contributed by atoms with Crippen LogP contribution in [0.5, 0.6) is 0 Å². The number of thioether (sulfide) groups is 1. The number of carboxylic acids is 1. The van der Waals surface area contributed by atoms with Crippen molar-refractivity contribution < 1.29 is 24.1 Å². The molecule has 0 radical (unpaired) electrons. The topological polar surface area (TPSA) is 93.3 Å². The Kier molecular flexibility index (Phi) is 3.31. The third-order valence-electron chi connectivity index (χ3n) is 2.95. The molecule has 1 fully saturated rings. The number of carbonyl (C=O) groups is 3. The lowest BCUT2D eigenvalue weighted by molar-refractivity contribution is -0.502. The van der Waals surface area contributed by atoms with Crippen molar-refractivity contribution >= 4 is 40.7 Å². The molecule has 3 amide bonds. The monoisotopic (exact) mass is 285 g/mol. The highest BCUT2D eigenvalue weighted by Gasteiger charge is 2.52. The molecule has 9 heteroatoms. The van der Waals surface area contributed by atoms with Crippen molar-refractivity contribution in [3.63, 3.8) is 0 Å². The average Bonchev–Trinajstić information content (AvgIpc) is 2.69. The Hall–Kier alpha value is -1.90. The third kappa shape index (κ3) is 2.09. The summed E-state index contributed by atoms with van der Waals surface area (Å²) in [5.74, 6) is -1.14. The van der Waals surface area contributed by atoms with E-state index in [0.29, 0.717) is 11.0 Å². The summed E-state index contributed by atoms with van der Waals surface area (Å²) in [5.41, 5.74) is 0. The Balaban J connectivity index is 2.32. The molecule has 2 heterocycles. The molecule has 19 heavy (non-hydrogen) atoms. The summed E-state index contributed by atoms with van der Waals surface area (Å²) in [6, 6.07) is -1.11. The summed E-state index contributed by atoms with van der Waals surface area (Å²) in [7, 11) is 4.60. The molecule has 0 bridgehead atoms. The standard InChI is InChI=1S/C10H12N4O4S/c1-12-6-7(11-9(12)19-4-5(15)16)13(2)10(18)14(3)8(6)17/h6H,4H2,1-3H3/p+1. The summed E-state index contributed by atoms with van der Waals surface area (Å²) in [6.45, 7) is 0. The van der Waals surface area contributed by atoms with Gasteiger partial charge in [0.1, 0.15) is 5.75 Å². The number of hydrogen-bond donors (Lipinski definition) is 1. The quantitative estimate of drug-likeness (QED) is 0.664. The number of hydrogen-bond acceptors (Lipinski definition) is 5. The van der Waals surface area contributed by atoms with Gasteiger partial charge in [0.15, 0.2) is 0 Å². The smallest absolute Gasteiger partial charge is 0.358 e. The van der Waals surface area contributed by atoms with Crippen molar-refractivity contribution in [1.82, 2.24) is 9.80 Å². The Bertz CT molecular complexity index is 542. The van der Waals surface area contributed by atoms with Gasteiger partial charge in [-0.3, -0.25) is 19.4 Å². The minimum Gasteiger partial charge on any atom is -0.481 e. The predicted molar refractivity (Wildman–Crippen MR) is 68.4 cm³/mol. The molecule has 8 nitrogen and oxygen atoms in total. The highest BCUT2D eigenvalue weighted by atomic mass is 32.2. The molecule has 0 aromatic heterocycles. The first kappa shape index (κ1) is 13.5. The van der Waals surface area contributed by atoms with Crippen molar-refractivity contribution in [2.75, 3.05) is 26.9 Å². The van der Waals surface area contributed by atoms with Crippen molar-refractivity contribution in [1.29, 1.82) is 0 Å². The second kappa shape index (κ2) is 4.65. The van der Waals surface area contributed by atoms with E-state index in [4.69, 9.17) is 5.11 Å². The van der Waals surface area contributed by atoms with Crippen LogP contribution < -0.4 is 0 Å². The van der Waals surface area contributed by atoms with E-state index >= 15 is 0 Å². The second-order valence-corrected chi connectivity index (χ2v) is 5.13. The van der Waals surface area contributed by atoms with E-state index in [-0.39, 0.29) is 11.7 Å². The molecule has 1 saturated heterocycles. The number of amidine groups is 2. The number of likely N-dealkylation sites (N-methyl/N-ethyl adjacent to an activating group) is 3. The van der Waals surface area contributed by atoms with Crippen LogP contribution in [0.4, 0.5) is 4.79 Å². The highest BCUT2D eigenvalue weighted by molar-refractivity contribution is 8.14. The van der Waals surface area contributed by atoms with Gasteiger partial charge in [-0.2, -0.15) is 0 Å². The number of carboxylic acid groups (broad SMARTS) is 1. The van der Waals surface area contributed by atoms with Gasteiger partial charge in [-0.1, -0.05) is 0 Å². The number of amides is 3. The molecular formula is C10H13N4O4S+. The zero-order chi connectivity index (χ0) is 14.3. The van der Waals surface area contributed by atoms with E-state index in [1.165, 1.54) is 19.0 Å². The van der Waals surface area contributed by atoms with Crippen LogP contribution in [0.3, 0.4) is 0 Å². The Labute approximate surface area is 113 Å². The zero-order valence-corrected chi connectivity index (χ0v) is 11.5. The minimum atomic E-state index is -0.964. The molecule has 0 saturated carbocycles. The lowest BCUT2D eigenvalue weighted by atomic mass is 10.2. The van der Waals surface area contributed by atoms with Gasteiger partial charge in [0.2, 0.25) is 0 Å². The Morgan fingerprint density at radius 3 is 2.63 bits per heavy atom. The number of aliphatic carboxylic acids is 1. The maximum Gasteiger partial charge on any atom is 0.358 e. The number of aliphatic imine (C=N–C) groups is 1. The van der Waals surface area contributed by atoms with Crippen LogP contribution in [-0.2, 0) is 9.59 Å². The van der Waals surface area contributed by atoms with Crippen LogP contribution in [0, 0.1) is 0 Å². The fourth-order valence-electron chi connectivity index (χ4n) is 1.92. The van der Waals surface area contributed by atoms with Crippen molar-refractivity contribution in [3.05, 3.63) is 0 Å². The fraction of sp³-hybridized carbons (Fsp3) is 0.500. The second-order valence-electron chi connectivity index (χ2n) is 4.19. The van der Waals surface area contributed by atoms with E-state index in [2.05, 4.69) is 4.99 Å². The number of fused-ring (bicyclic) bond motifs is 1. The molecule has 2 aliphatic rings. The normalized spacial score (nSPS) is 22.9. The molecular weight excluding hydrogens is 272 g/mol. The van der Waals surface area contributed by atoms with Crippen LogP contribution in [-0.4, -0.2) is 81.3 Å². The molecule has 2 rings (SSSR count). The van der Waals surface area contributed by atoms with E-state index in [1.54, 1.807) is 11.6 Å². The van der Waals surface area contributed by atoms with Crippen molar-refractivity contribution in [2.45, 2.75) is 6.04 Å². The third-order valence-corrected chi connectivity index (χ3v) is 3.98. The van der Waals surface area contributed by atoms with E-state index in [0.717, 1.165) is 16.7 Å². The summed E-state index contributed by atoms with van der Waals surface area (Å²) >= 11 is 1.02. The van der Waals surface area contributed by atoms with Crippen LogP contribution in [0.15, 0.2) is 4.99 Å². The van der Waals surface area contributed by atoms with Crippen molar-refractivity contribution in [3.8, 4) is 0 Å². The first-order valence-electron chi connectivity index (χ1n) is 5.42. The van der Waals surface area contributed by atoms with E-state index < -0.39 is 18.0 Å². The van der Waals surface area contributed by atoms with Gasteiger partial charge in [-0.25, -0.2) is 9.37 Å². The molecule has 102 valence electrons. The van der Waals surface area contributed by atoms with Gasteiger partial charge < -0.3 is 5.11 Å². The molecule has 1 N–H and O–H groups in total. The van der Waals surface area contributed by atoms with E-state index in [9.17, 15) is 14.4 Å². The fourth-order valence-corrected chi connectivity index (χ4v) is 2.64. The first-order chi connectivity index (χ1) is 8.84. The molecule has 1 unspecified atom stereocenters. The van der Waals surface area contributed by atoms with Gasteiger partial charge in [-0.15, -0.1) is 0 Å². The number of urea groups is 1. The lowest BCUT2D eigenvalue weighted by Gasteiger charge is -2.29. The minimum absolute atomic E-state index is 0.148. The molecule has 0 aliphatic carbocycles. The Morgan fingerprint density at radius 1 is 1.42 bits per heavy atom. The maximum absolute atomic E-state index is 12.1. The summed E-state index contributed by atoms with van der Waals surface area (Å²) in [6.07, 6.45) is 0. The summed E-state index contributed by atoms with van der Waals surface area (Å²) in [5, 5.41) is 9.09. The van der Waals surface area contributed by atoms with Crippen LogP contribution in [0.25, 0.3) is 0 Å². The Morgan fingerprint density at radius 2 is 2.05 bits per heavy atom. The zero-order valence-electron chi connectivity index (χ0n) is 10.7. The first-order valence-corrected chi connectivity index (χ1v) is 6.41. The largest absolute Gasteiger partial charge is 0.481 e. The summed E-state index contributed by atoms with van der Waals surface area (Å²) < 4.78 is 1.59. The predicted octanol–water partition coefficient (Wildman–Crippen LogP) is -0.893. The van der Waals surface area contributed by atoms with Crippen LogP contribution >= 0.6 is 11.8 Å². The number of imide groups is 1. The van der Waals surface area contributed by atoms with Gasteiger partial charge in [-0.05, 0) is 16.8 Å². The number of nitrogens with zero attached hydrogens (tertiary/aromatic N) is 4. The van der Waals surface area contributed by atoms with Crippen LogP contribution in [0.1, 0.15) is 0 Å².